The van der Waals surface area contributed by atoms with Gasteiger partial charge in [-0.15, -0.1) is 0 Å². The fourth-order valence-electron chi connectivity index (χ4n) is 1.37. The van der Waals surface area contributed by atoms with E-state index >= 15 is 0 Å². The van der Waals surface area contributed by atoms with Crippen LogP contribution in [-0.4, -0.2) is 18.5 Å². The molecule has 0 aromatic heterocycles. The number of halogens is 1. The van der Waals surface area contributed by atoms with Crippen LogP contribution in [0.25, 0.3) is 0 Å². The van der Waals surface area contributed by atoms with Crippen LogP contribution in [0.3, 0.4) is 0 Å². The predicted molar refractivity (Wildman–Crippen MR) is 75.3 cm³/mol. The molecule has 17 heavy (non-hydrogen) atoms. The lowest BCUT2D eigenvalue weighted by Gasteiger charge is -2.23. The topological polar surface area (TPSA) is 41.1 Å². The van der Waals surface area contributed by atoms with Gasteiger partial charge in [-0.25, -0.2) is 0 Å². The molecule has 0 spiro atoms. The molecule has 0 saturated carbocycles. The number of nitrogens with one attached hydrogen (secondary N) is 2. The van der Waals surface area contributed by atoms with Crippen LogP contribution >= 0.6 is 15.9 Å². The number of benzene rings is 1. The van der Waals surface area contributed by atoms with Gasteiger partial charge in [-0.05, 0) is 51.1 Å². The smallest absolute Gasteiger partial charge is 0.244 e. The van der Waals surface area contributed by atoms with Gasteiger partial charge in [0, 0.05) is 10.2 Å². The molecule has 4 heteroatoms. The lowest BCUT2D eigenvalue weighted by atomic mass is 10.0. The molecule has 0 heterocycles. The van der Waals surface area contributed by atoms with Gasteiger partial charge in [0.05, 0.1) is 5.54 Å². The van der Waals surface area contributed by atoms with Crippen LogP contribution < -0.4 is 10.6 Å². The minimum Gasteiger partial charge on any atom is -0.324 e. The first-order valence-corrected chi connectivity index (χ1v) is 6.48. The highest BCUT2D eigenvalue weighted by Crippen LogP contribution is 2.22. The lowest BCUT2D eigenvalue weighted by Crippen LogP contribution is -2.48. The van der Waals surface area contributed by atoms with Crippen LogP contribution in [0.1, 0.15) is 26.3 Å². The maximum absolute atomic E-state index is 12.0. The highest BCUT2D eigenvalue weighted by molar-refractivity contribution is 9.10. The van der Waals surface area contributed by atoms with Crippen molar-refractivity contribution in [1.29, 1.82) is 0 Å². The fourth-order valence-corrected chi connectivity index (χ4v) is 1.78. The zero-order valence-electron chi connectivity index (χ0n) is 10.7. The maximum Gasteiger partial charge on any atom is 0.244 e. The van der Waals surface area contributed by atoms with Gasteiger partial charge in [0.1, 0.15) is 0 Å². The van der Waals surface area contributed by atoms with E-state index in [4.69, 9.17) is 0 Å². The zero-order chi connectivity index (χ0) is 13.1. The molecular weight excluding hydrogens is 280 g/mol. The van der Waals surface area contributed by atoms with E-state index in [2.05, 4.69) is 33.5 Å². The normalized spacial score (nSPS) is 11.4. The largest absolute Gasteiger partial charge is 0.324 e. The molecule has 1 amide bonds. The molecule has 0 bridgehead atoms. The van der Waals surface area contributed by atoms with Crippen molar-refractivity contribution in [2.45, 2.75) is 32.7 Å². The van der Waals surface area contributed by atoms with Crippen molar-refractivity contribution < 1.29 is 4.79 Å². The second-order valence-corrected chi connectivity index (χ2v) is 5.40. The first kappa shape index (κ1) is 14.2. The molecule has 0 fully saturated rings. The van der Waals surface area contributed by atoms with Crippen molar-refractivity contribution in [2.75, 3.05) is 12.4 Å². The number of carbonyl (C=O) groups is 1. The molecule has 0 aliphatic heterocycles. The number of rotatable bonds is 4. The van der Waals surface area contributed by atoms with Crippen molar-refractivity contribution in [2.24, 2.45) is 0 Å². The van der Waals surface area contributed by atoms with E-state index in [1.54, 1.807) is 7.05 Å². The fraction of sp³-hybridized carbons (Fsp3) is 0.462. The van der Waals surface area contributed by atoms with E-state index in [1.165, 1.54) is 0 Å². The highest BCUT2D eigenvalue weighted by atomic mass is 79.9. The summed E-state index contributed by atoms with van der Waals surface area (Å²) < 4.78 is 1.03. The number of hydrogen-bond acceptors (Lipinski definition) is 2. The van der Waals surface area contributed by atoms with Gasteiger partial charge in [0.2, 0.25) is 5.91 Å². The summed E-state index contributed by atoms with van der Waals surface area (Å²) in [5, 5.41) is 5.95. The lowest BCUT2D eigenvalue weighted by molar-refractivity contribution is -0.121. The maximum atomic E-state index is 12.0. The zero-order valence-corrected chi connectivity index (χ0v) is 12.3. The van der Waals surface area contributed by atoms with Gasteiger partial charge in [-0.3, -0.25) is 4.79 Å². The first-order chi connectivity index (χ1) is 7.90. The SMILES string of the molecule is CCc1cc(Br)ccc1NC(=O)C(C)(C)NC. The van der Waals surface area contributed by atoms with Gasteiger partial charge in [-0.1, -0.05) is 22.9 Å². The Morgan fingerprint density at radius 3 is 2.59 bits per heavy atom. The van der Waals surface area contributed by atoms with Crippen LogP contribution in [0.15, 0.2) is 22.7 Å². The van der Waals surface area contributed by atoms with Crippen LogP contribution in [0.4, 0.5) is 5.69 Å². The quantitative estimate of drug-likeness (QED) is 0.897. The van der Waals surface area contributed by atoms with Crippen LogP contribution in [0, 0.1) is 0 Å². The second-order valence-electron chi connectivity index (χ2n) is 4.48. The van der Waals surface area contributed by atoms with E-state index in [1.807, 2.05) is 32.0 Å². The first-order valence-electron chi connectivity index (χ1n) is 5.69. The molecule has 0 saturated heterocycles. The Morgan fingerprint density at radius 2 is 2.06 bits per heavy atom. The van der Waals surface area contributed by atoms with Crippen molar-refractivity contribution in [3.05, 3.63) is 28.2 Å². The van der Waals surface area contributed by atoms with Crippen LogP contribution in [0.5, 0.6) is 0 Å². The summed E-state index contributed by atoms with van der Waals surface area (Å²) in [5.41, 5.74) is 1.43. The number of anilines is 1. The van der Waals surface area contributed by atoms with E-state index in [0.29, 0.717) is 0 Å². The third kappa shape index (κ3) is 3.54. The van der Waals surface area contributed by atoms with Crippen molar-refractivity contribution >= 4 is 27.5 Å². The Kier molecular flexibility index (Phi) is 4.71. The minimum absolute atomic E-state index is 0.0305. The standard InChI is InChI=1S/C13H19BrN2O/c1-5-9-8-10(14)6-7-11(9)16-12(17)13(2,3)15-4/h6-8,15H,5H2,1-4H3,(H,16,17). The van der Waals surface area contributed by atoms with E-state index < -0.39 is 5.54 Å². The van der Waals surface area contributed by atoms with Crippen molar-refractivity contribution in [3.63, 3.8) is 0 Å². The summed E-state index contributed by atoms with van der Waals surface area (Å²) in [7, 11) is 1.78. The number of hydrogen-bond donors (Lipinski definition) is 2. The summed E-state index contributed by atoms with van der Waals surface area (Å²) in [6, 6.07) is 5.88. The summed E-state index contributed by atoms with van der Waals surface area (Å²) >= 11 is 3.43. The minimum atomic E-state index is -0.571. The Morgan fingerprint density at radius 1 is 1.41 bits per heavy atom. The van der Waals surface area contributed by atoms with E-state index in [-0.39, 0.29) is 5.91 Å². The Balaban J connectivity index is 2.92. The van der Waals surface area contributed by atoms with E-state index in [9.17, 15) is 4.79 Å². The summed E-state index contributed by atoms with van der Waals surface area (Å²) in [5.74, 6) is -0.0305. The van der Waals surface area contributed by atoms with E-state index in [0.717, 1.165) is 22.1 Å². The van der Waals surface area contributed by atoms with Gasteiger partial charge in [0.25, 0.3) is 0 Å². The number of carbonyl (C=O) groups excluding carboxylic acids is 1. The molecule has 94 valence electrons. The third-order valence-electron chi connectivity index (χ3n) is 2.89. The van der Waals surface area contributed by atoms with Crippen molar-refractivity contribution in [3.8, 4) is 0 Å². The van der Waals surface area contributed by atoms with Gasteiger partial charge in [-0.2, -0.15) is 0 Å². The average molecular weight is 299 g/mol. The molecule has 2 N–H and O–H groups in total. The second kappa shape index (κ2) is 5.65. The van der Waals surface area contributed by atoms with Gasteiger partial charge in [0.15, 0.2) is 0 Å². The number of aryl methyl sites for hydroxylation is 1. The molecule has 0 atom stereocenters. The van der Waals surface area contributed by atoms with Crippen LogP contribution in [-0.2, 0) is 11.2 Å². The van der Waals surface area contributed by atoms with Gasteiger partial charge >= 0.3 is 0 Å². The number of likely N-dealkylation sites (N-methyl/N-ethyl adjacent to an activating group) is 1. The molecule has 0 unspecified atom stereocenters. The van der Waals surface area contributed by atoms with Gasteiger partial charge < -0.3 is 10.6 Å². The Bertz CT molecular complexity index is 416. The third-order valence-corrected chi connectivity index (χ3v) is 3.38. The predicted octanol–water partition coefficient (Wildman–Crippen LogP) is 2.95. The highest BCUT2D eigenvalue weighted by Gasteiger charge is 2.25. The molecule has 3 nitrogen and oxygen atoms in total. The molecule has 0 aliphatic carbocycles. The van der Waals surface area contributed by atoms with Crippen molar-refractivity contribution in [1.82, 2.24) is 5.32 Å². The monoisotopic (exact) mass is 298 g/mol. The molecule has 1 aromatic carbocycles. The average Bonchev–Trinajstić information content (AvgIpc) is 2.31. The molecule has 1 rings (SSSR count). The summed E-state index contributed by atoms with van der Waals surface area (Å²) in [4.78, 5) is 12.0. The Labute approximate surface area is 111 Å². The van der Waals surface area contributed by atoms with Crippen LogP contribution in [0.2, 0.25) is 0 Å². The molecule has 1 aromatic rings. The summed E-state index contributed by atoms with van der Waals surface area (Å²) in [6.45, 7) is 5.78. The number of amides is 1. The Hall–Kier alpha value is -0.870. The molecule has 0 aliphatic rings. The molecular formula is C13H19BrN2O. The summed E-state index contributed by atoms with van der Waals surface area (Å²) in [6.07, 6.45) is 0.884. The molecule has 0 radical (unpaired) electrons.